The first-order valence-corrected chi connectivity index (χ1v) is 16.0. The number of aryl methyl sites for hydroxylation is 1. The summed E-state index contributed by atoms with van der Waals surface area (Å²) in [5, 5.41) is 8.67. The number of piperidine rings is 1. The summed E-state index contributed by atoms with van der Waals surface area (Å²) in [4.78, 5) is 53.3. The lowest BCUT2D eigenvalue weighted by Gasteiger charge is -2.35. The number of nitrogens with zero attached hydrogens (tertiary/aromatic N) is 7. The molecule has 1 unspecified atom stereocenters. The molecule has 1 atom stereocenters. The van der Waals surface area contributed by atoms with Crippen molar-refractivity contribution in [2.75, 3.05) is 36.0 Å². The third-order valence-corrected chi connectivity index (χ3v) is 9.42. The Kier molecular flexibility index (Phi) is 7.25. The Labute approximate surface area is 271 Å². The summed E-state index contributed by atoms with van der Waals surface area (Å²) >= 11 is 0. The molecule has 236 valence electrons. The Bertz CT molecular complexity index is 2030. The van der Waals surface area contributed by atoms with E-state index in [1.807, 2.05) is 43.3 Å². The van der Waals surface area contributed by atoms with Gasteiger partial charge in [-0.15, -0.1) is 0 Å². The molecular formula is C36H34N8O3. The molecule has 8 rings (SSSR count). The van der Waals surface area contributed by atoms with Crippen molar-refractivity contribution in [3.05, 3.63) is 107 Å². The van der Waals surface area contributed by atoms with E-state index in [1.54, 1.807) is 15.9 Å². The topological polar surface area (TPSA) is 117 Å². The van der Waals surface area contributed by atoms with E-state index in [0.29, 0.717) is 12.0 Å². The predicted octanol–water partition coefficient (Wildman–Crippen LogP) is 3.80. The SMILES string of the molecule is Cc1ncn(-c2cccc(N3CCN(Cc4ccc(Cc5ccc6c7c(cccc57)C(=O)N6C5CCC(=O)NC5=O)cc4)CC3)n2)n1. The zero-order valence-corrected chi connectivity index (χ0v) is 26.1. The van der Waals surface area contributed by atoms with Crippen LogP contribution in [-0.4, -0.2) is 74.6 Å². The van der Waals surface area contributed by atoms with Crippen molar-refractivity contribution >= 4 is 40.0 Å². The van der Waals surface area contributed by atoms with Crippen LogP contribution in [-0.2, 0) is 22.6 Å². The van der Waals surface area contributed by atoms with Gasteiger partial charge in [0.25, 0.3) is 5.91 Å². The van der Waals surface area contributed by atoms with E-state index in [4.69, 9.17) is 4.98 Å². The second kappa shape index (κ2) is 11.7. The van der Waals surface area contributed by atoms with Crippen LogP contribution in [0.5, 0.6) is 0 Å². The van der Waals surface area contributed by atoms with Crippen LogP contribution >= 0.6 is 0 Å². The number of nitrogens with one attached hydrogen (secondary N) is 1. The van der Waals surface area contributed by atoms with Crippen LogP contribution in [0.25, 0.3) is 16.6 Å². The van der Waals surface area contributed by atoms with Crippen molar-refractivity contribution in [2.24, 2.45) is 0 Å². The molecule has 5 heterocycles. The largest absolute Gasteiger partial charge is 0.354 e. The van der Waals surface area contributed by atoms with Crippen molar-refractivity contribution in [3.8, 4) is 5.82 Å². The molecule has 0 spiro atoms. The van der Waals surface area contributed by atoms with Crippen LogP contribution in [0.3, 0.4) is 0 Å². The number of carbonyl (C=O) groups is 3. The van der Waals surface area contributed by atoms with Gasteiger partial charge in [0.2, 0.25) is 11.8 Å². The van der Waals surface area contributed by atoms with Gasteiger partial charge >= 0.3 is 0 Å². The Morgan fingerprint density at radius 3 is 2.38 bits per heavy atom. The summed E-state index contributed by atoms with van der Waals surface area (Å²) in [7, 11) is 0. The fourth-order valence-corrected chi connectivity index (χ4v) is 7.01. The Morgan fingerprint density at radius 2 is 1.62 bits per heavy atom. The monoisotopic (exact) mass is 626 g/mol. The van der Waals surface area contributed by atoms with Crippen LogP contribution in [0.15, 0.2) is 79.1 Å². The lowest BCUT2D eigenvalue weighted by molar-refractivity contribution is -0.134. The number of hydrogen-bond acceptors (Lipinski definition) is 8. The van der Waals surface area contributed by atoms with Gasteiger partial charge in [-0.2, -0.15) is 5.10 Å². The minimum Gasteiger partial charge on any atom is -0.354 e. The number of imide groups is 1. The molecule has 3 aliphatic rings. The normalized spacial score (nSPS) is 18.3. The van der Waals surface area contributed by atoms with Gasteiger partial charge in [0.1, 0.15) is 24.0 Å². The molecular weight excluding hydrogens is 592 g/mol. The second-order valence-electron chi connectivity index (χ2n) is 12.5. The highest BCUT2D eigenvalue weighted by Gasteiger charge is 2.40. The number of hydrogen-bond donors (Lipinski definition) is 1. The lowest BCUT2D eigenvalue weighted by Crippen LogP contribution is -2.53. The van der Waals surface area contributed by atoms with Crippen molar-refractivity contribution < 1.29 is 14.4 Å². The molecule has 2 aromatic heterocycles. The molecule has 0 aliphatic carbocycles. The molecule has 2 fully saturated rings. The summed E-state index contributed by atoms with van der Waals surface area (Å²) in [6.45, 7) is 6.46. The first kappa shape index (κ1) is 29.0. The highest BCUT2D eigenvalue weighted by Crippen LogP contribution is 2.41. The van der Waals surface area contributed by atoms with Gasteiger partial charge in [-0.25, -0.2) is 14.6 Å². The molecule has 3 amide bonds. The van der Waals surface area contributed by atoms with E-state index in [0.717, 1.165) is 78.6 Å². The predicted molar refractivity (Wildman–Crippen MR) is 178 cm³/mol. The molecule has 1 N–H and O–H groups in total. The number of pyridine rings is 1. The van der Waals surface area contributed by atoms with E-state index >= 15 is 0 Å². The molecule has 11 nitrogen and oxygen atoms in total. The van der Waals surface area contributed by atoms with E-state index in [-0.39, 0.29) is 18.2 Å². The zero-order chi connectivity index (χ0) is 32.1. The Balaban J connectivity index is 0.924. The third kappa shape index (κ3) is 5.42. The van der Waals surface area contributed by atoms with Gasteiger partial charge in [-0.3, -0.25) is 29.5 Å². The van der Waals surface area contributed by atoms with Crippen LogP contribution in [0, 0.1) is 6.92 Å². The molecule has 0 bridgehead atoms. The van der Waals surface area contributed by atoms with Crippen molar-refractivity contribution in [1.29, 1.82) is 0 Å². The average molecular weight is 627 g/mol. The van der Waals surface area contributed by atoms with Gasteiger partial charge in [0, 0.05) is 50.1 Å². The maximum atomic E-state index is 13.5. The minimum atomic E-state index is -0.685. The van der Waals surface area contributed by atoms with E-state index in [1.165, 1.54) is 11.1 Å². The summed E-state index contributed by atoms with van der Waals surface area (Å²) in [6.07, 6.45) is 2.97. The molecule has 47 heavy (non-hydrogen) atoms. The summed E-state index contributed by atoms with van der Waals surface area (Å²) < 4.78 is 1.71. The van der Waals surface area contributed by atoms with Gasteiger partial charge in [-0.1, -0.05) is 48.5 Å². The zero-order valence-electron chi connectivity index (χ0n) is 26.1. The summed E-state index contributed by atoms with van der Waals surface area (Å²) in [5.41, 5.74) is 4.94. The summed E-state index contributed by atoms with van der Waals surface area (Å²) in [5.74, 6) is 1.55. The Hall–Kier alpha value is -5.42. The third-order valence-electron chi connectivity index (χ3n) is 9.42. The van der Waals surface area contributed by atoms with E-state index in [2.05, 4.69) is 61.6 Å². The lowest BCUT2D eigenvalue weighted by atomic mass is 9.95. The molecule has 2 saturated heterocycles. The van der Waals surface area contributed by atoms with E-state index < -0.39 is 11.9 Å². The van der Waals surface area contributed by atoms with E-state index in [9.17, 15) is 14.4 Å². The maximum absolute atomic E-state index is 13.5. The van der Waals surface area contributed by atoms with Crippen LogP contribution in [0.2, 0.25) is 0 Å². The van der Waals surface area contributed by atoms with Gasteiger partial charge < -0.3 is 4.90 Å². The quantitative estimate of drug-likeness (QED) is 0.271. The van der Waals surface area contributed by atoms with Gasteiger partial charge in [0.15, 0.2) is 5.82 Å². The highest BCUT2D eigenvalue weighted by atomic mass is 16.2. The highest BCUT2D eigenvalue weighted by molar-refractivity contribution is 6.27. The molecule has 5 aromatic rings. The molecule has 3 aliphatic heterocycles. The molecule has 11 heteroatoms. The molecule has 0 saturated carbocycles. The average Bonchev–Trinajstić information content (AvgIpc) is 3.65. The first-order valence-electron chi connectivity index (χ1n) is 16.0. The number of aromatic nitrogens is 4. The number of amides is 3. The fourth-order valence-electron chi connectivity index (χ4n) is 7.01. The van der Waals surface area contributed by atoms with Crippen LogP contribution in [0.1, 0.15) is 45.7 Å². The first-order chi connectivity index (χ1) is 22.9. The Morgan fingerprint density at radius 1 is 0.851 bits per heavy atom. The summed E-state index contributed by atoms with van der Waals surface area (Å²) in [6, 6.07) is 23.9. The van der Waals surface area contributed by atoms with Crippen LogP contribution in [0.4, 0.5) is 11.5 Å². The van der Waals surface area contributed by atoms with Gasteiger partial charge in [0.05, 0.1) is 5.69 Å². The second-order valence-corrected chi connectivity index (χ2v) is 12.5. The molecule has 0 radical (unpaired) electrons. The standard InChI is InChI=1S/C36H34N8O3/c1-23-37-22-43(40-23)32-7-3-6-31(38-32)42-18-16-41(17-19-42)21-25-10-8-24(9-11-25)20-26-12-13-29-34-27(26)4-2-5-28(34)36(47)44(29)30-14-15-33(45)39-35(30)46/h2-13,22,30H,14-21H2,1H3,(H,39,45,46). The maximum Gasteiger partial charge on any atom is 0.259 e. The van der Waals surface area contributed by atoms with Crippen molar-refractivity contribution in [2.45, 2.75) is 38.8 Å². The smallest absolute Gasteiger partial charge is 0.259 e. The van der Waals surface area contributed by atoms with Crippen LogP contribution < -0.4 is 15.1 Å². The molecule has 3 aromatic carbocycles. The minimum absolute atomic E-state index is 0.186. The number of piperazine rings is 1. The fraction of sp³-hybridized carbons (Fsp3) is 0.278. The number of carbonyl (C=O) groups excluding carboxylic acids is 3. The van der Waals surface area contributed by atoms with Gasteiger partial charge in [-0.05, 0) is 66.1 Å². The number of rotatable bonds is 7. The van der Waals surface area contributed by atoms with Crippen molar-refractivity contribution in [1.82, 2.24) is 30.0 Å². The van der Waals surface area contributed by atoms with Crippen molar-refractivity contribution in [3.63, 3.8) is 0 Å². The number of benzene rings is 3. The number of anilines is 2.